The zero-order valence-electron chi connectivity index (χ0n) is 30.2. The molecular formula is C54H34. The summed E-state index contributed by atoms with van der Waals surface area (Å²) in [5.41, 5.74) is 18.8. The van der Waals surface area contributed by atoms with Crippen molar-refractivity contribution in [2.24, 2.45) is 0 Å². The van der Waals surface area contributed by atoms with Crippen molar-refractivity contribution in [1.29, 1.82) is 0 Å². The first-order valence-electron chi connectivity index (χ1n) is 18.8. The fraction of sp³-hybridized carbons (Fsp3) is 0.0370. The third-order valence-electron chi connectivity index (χ3n) is 11.8. The summed E-state index contributed by atoms with van der Waals surface area (Å²) in [7, 11) is 0. The second-order valence-corrected chi connectivity index (χ2v) is 14.7. The van der Waals surface area contributed by atoms with Crippen molar-refractivity contribution in [1.82, 2.24) is 0 Å². The maximum atomic E-state index is 3.18. The van der Waals surface area contributed by atoms with Crippen molar-refractivity contribution in [2.45, 2.75) is 13.8 Å². The van der Waals surface area contributed by atoms with Crippen LogP contribution in [0.3, 0.4) is 0 Å². The molecule has 0 amide bonds. The molecule has 11 rings (SSSR count). The number of aryl methyl sites for hydroxylation is 1. The highest BCUT2D eigenvalue weighted by Crippen LogP contribution is 2.49. The molecule has 0 unspecified atom stereocenters. The minimum Gasteiger partial charge on any atom is -0.0696 e. The van der Waals surface area contributed by atoms with Gasteiger partial charge in [-0.2, -0.15) is 0 Å². The quantitative estimate of drug-likeness (QED) is 0.0988. The van der Waals surface area contributed by atoms with Crippen molar-refractivity contribution in [3.8, 4) is 33.4 Å². The van der Waals surface area contributed by atoms with Crippen LogP contribution in [0.2, 0.25) is 0 Å². The third kappa shape index (κ3) is 4.40. The maximum Gasteiger partial charge on any atom is -0.00199 e. The minimum atomic E-state index is 1.19. The Bertz CT molecular complexity index is 3300. The van der Waals surface area contributed by atoms with Crippen molar-refractivity contribution < 1.29 is 0 Å². The van der Waals surface area contributed by atoms with Crippen LogP contribution in [0.25, 0.3) is 110 Å². The summed E-state index contributed by atoms with van der Waals surface area (Å²) in [6, 6.07) is 58.9. The van der Waals surface area contributed by atoms with Gasteiger partial charge in [0, 0.05) is 0 Å². The molecule has 0 saturated heterocycles. The Balaban J connectivity index is 1.24. The molecule has 0 atom stereocenters. The molecule has 0 aliphatic heterocycles. The standard InChI is InChI=1S/C54H34/c1-33-27-28-36(31-49(33)38-30-29-35-15-3-4-16-37(35)34(38)2)52-45-23-11-13-25-47(45)54(48-26-14-12-24-46(48)52)51-32-50-41-19-6-5-17-39(41)40-18-7-9-21-43(40)53(50)44-22-10-8-20-42(44)51/h5-32H,1-2H3. The predicted molar refractivity (Wildman–Crippen MR) is 233 cm³/mol. The van der Waals surface area contributed by atoms with E-state index in [-0.39, 0.29) is 0 Å². The van der Waals surface area contributed by atoms with E-state index in [4.69, 9.17) is 0 Å². The monoisotopic (exact) mass is 682 g/mol. The lowest BCUT2D eigenvalue weighted by Gasteiger charge is -2.21. The molecule has 0 fully saturated rings. The van der Waals surface area contributed by atoms with Crippen molar-refractivity contribution >= 4 is 76.8 Å². The molecule has 0 heterocycles. The van der Waals surface area contributed by atoms with Crippen molar-refractivity contribution in [2.75, 3.05) is 0 Å². The van der Waals surface area contributed by atoms with E-state index >= 15 is 0 Å². The highest BCUT2D eigenvalue weighted by Gasteiger charge is 2.21. The molecule has 0 spiro atoms. The first kappa shape index (κ1) is 30.7. The second kappa shape index (κ2) is 11.8. The van der Waals surface area contributed by atoms with Gasteiger partial charge in [0.1, 0.15) is 0 Å². The Hall–Kier alpha value is -6.94. The van der Waals surface area contributed by atoms with Gasteiger partial charge in [0.25, 0.3) is 0 Å². The predicted octanol–water partition coefficient (Wildman–Crippen LogP) is 15.0. The Morgan fingerprint density at radius 1 is 0.352 bits per heavy atom. The number of hydrogen-bond donors (Lipinski definition) is 0. The van der Waals surface area contributed by atoms with Gasteiger partial charge < -0.3 is 0 Å². The van der Waals surface area contributed by atoms with E-state index in [2.05, 4.69) is 189 Å². The summed E-state index contributed by atoms with van der Waals surface area (Å²) in [4.78, 5) is 0. The maximum absolute atomic E-state index is 3.18. The Kier molecular flexibility index (Phi) is 6.70. The summed E-state index contributed by atoms with van der Waals surface area (Å²) in [5.74, 6) is 0. The molecule has 10 aromatic rings. The smallest absolute Gasteiger partial charge is 0.00199 e. The Morgan fingerprint density at radius 2 is 0.852 bits per heavy atom. The van der Waals surface area contributed by atoms with Crippen LogP contribution in [0, 0.1) is 13.8 Å². The largest absolute Gasteiger partial charge is 0.0696 e. The van der Waals surface area contributed by atoms with E-state index in [1.54, 1.807) is 0 Å². The number of hydrogen-bond acceptors (Lipinski definition) is 0. The molecule has 0 N–H and O–H groups in total. The van der Waals surface area contributed by atoms with Crippen LogP contribution < -0.4 is 0 Å². The number of benzene rings is 10. The van der Waals surface area contributed by atoms with Gasteiger partial charge in [-0.1, -0.05) is 157 Å². The van der Waals surface area contributed by atoms with Gasteiger partial charge >= 0.3 is 0 Å². The minimum absolute atomic E-state index is 1.19. The second-order valence-electron chi connectivity index (χ2n) is 14.7. The van der Waals surface area contributed by atoms with Gasteiger partial charge in [-0.3, -0.25) is 0 Å². The van der Waals surface area contributed by atoms with Gasteiger partial charge in [0.05, 0.1) is 0 Å². The first-order chi connectivity index (χ1) is 26.7. The van der Waals surface area contributed by atoms with Crippen LogP contribution in [-0.4, -0.2) is 0 Å². The topological polar surface area (TPSA) is 0 Å². The van der Waals surface area contributed by atoms with E-state index in [1.165, 1.54) is 120 Å². The van der Waals surface area contributed by atoms with Gasteiger partial charge in [-0.15, -0.1) is 0 Å². The highest BCUT2D eigenvalue weighted by atomic mass is 14.2. The molecule has 1 aliphatic carbocycles. The molecule has 0 aromatic heterocycles. The van der Waals surface area contributed by atoms with Crippen LogP contribution in [0.4, 0.5) is 0 Å². The van der Waals surface area contributed by atoms with Crippen LogP contribution in [-0.2, 0) is 0 Å². The van der Waals surface area contributed by atoms with Crippen molar-refractivity contribution in [3.05, 3.63) is 191 Å². The Morgan fingerprint density at radius 3 is 1.50 bits per heavy atom. The van der Waals surface area contributed by atoms with E-state index in [0.29, 0.717) is 0 Å². The molecule has 0 heteroatoms. The molecule has 10 aromatic carbocycles. The van der Waals surface area contributed by atoms with Crippen LogP contribution in [0.1, 0.15) is 22.3 Å². The van der Waals surface area contributed by atoms with E-state index in [9.17, 15) is 0 Å². The lowest BCUT2D eigenvalue weighted by atomic mass is 9.82. The normalized spacial score (nSPS) is 12.2. The summed E-state index contributed by atoms with van der Waals surface area (Å²) >= 11 is 0. The van der Waals surface area contributed by atoms with E-state index in [1.807, 2.05) is 6.08 Å². The average molecular weight is 683 g/mol. The van der Waals surface area contributed by atoms with Crippen LogP contribution in [0.5, 0.6) is 0 Å². The zero-order chi connectivity index (χ0) is 35.9. The third-order valence-corrected chi connectivity index (χ3v) is 11.8. The summed E-state index contributed by atoms with van der Waals surface area (Å²) in [5, 5.41) is 15.4. The number of rotatable bonds is 3. The van der Waals surface area contributed by atoms with Crippen LogP contribution in [0.15, 0.2) is 169 Å². The molecule has 250 valence electrons. The fourth-order valence-electron chi connectivity index (χ4n) is 9.36. The molecule has 0 saturated carbocycles. The van der Waals surface area contributed by atoms with E-state index in [0.717, 1.165) is 0 Å². The van der Waals surface area contributed by atoms with Gasteiger partial charge in [-0.05, 0) is 158 Å². The lowest BCUT2D eigenvalue weighted by Crippen LogP contribution is -1.95. The van der Waals surface area contributed by atoms with Gasteiger partial charge in [-0.25, -0.2) is 0 Å². The molecule has 1 aliphatic rings. The van der Waals surface area contributed by atoms with Gasteiger partial charge in [0.15, 0.2) is 0 Å². The number of fused-ring (bicyclic) bond motifs is 11. The molecule has 0 nitrogen and oxygen atoms in total. The van der Waals surface area contributed by atoms with Crippen molar-refractivity contribution in [3.63, 3.8) is 0 Å². The summed E-state index contributed by atoms with van der Waals surface area (Å²) < 4.78 is 0. The summed E-state index contributed by atoms with van der Waals surface area (Å²) in [6.45, 7) is 4.46. The SMILES string of the molecule is Cc1ccc(-c2c3ccccc3c(-c3cc4c5ccccc5c5ccccc5c4c4ccccc34)c3ccccc23)cc1-c1ccc2c(c1C)C=C=C=C2. The molecule has 54 heavy (non-hydrogen) atoms. The molecule has 0 radical (unpaired) electrons. The lowest BCUT2D eigenvalue weighted by molar-refractivity contribution is 1.38. The van der Waals surface area contributed by atoms with Gasteiger partial charge in [0.2, 0.25) is 0 Å². The molecule has 0 bridgehead atoms. The first-order valence-corrected chi connectivity index (χ1v) is 18.8. The summed E-state index contributed by atoms with van der Waals surface area (Å²) in [6.07, 6.45) is 4.09. The van der Waals surface area contributed by atoms with E-state index < -0.39 is 0 Å². The fourth-order valence-corrected chi connectivity index (χ4v) is 9.36. The molecular weight excluding hydrogens is 649 g/mol. The highest BCUT2D eigenvalue weighted by molar-refractivity contribution is 6.34. The average Bonchev–Trinajstić information content (AvgIpc) is 3.23. The zero-order valence-corrected chi connectivity index (χ0v) is 30.2. The van der Waals surface area contributed by atoms with Crippen LogP contribution >= 0.6 is 0 Å². The Labute approximate surface area is 314 Å².